The second-order valence-electron chi connectivity index (χ2n) is 3.61. The number of methoxy groups -OCH3 is 1. The minimum absolute atomic E-state index is 0.107. The van der Waals surface area contributed by atoms with E-state index in [1.54, 1.807) is 0 Å². The number of rotatable bonds is 6. The van der Waals surface area contributed by atoms with Crippen molar-refractivity contribution >= 4 is 37.6 Å². The molecule has 3 N–H and O–H groups in total. The van der Waals surface area contributed by atoms with Crippen LogP contribution in [0.3, 0.4) is 0 Å². The van der Waals surface area contributed by atoms with Crippen LogP contribution in [0.1, 0.15) is 0 Å². The van der Waals surface area contributed by atoms with Gasteiger partial charge in [0.25, 0.3) is 0 Å². The third kappa shape index (κ3) is 4.30. The molecule has 0 spiro atoms. The van der Waals surface area contributed by atoms with Gasteiger partial charge in [-0.05, 0) is 28.1 Å². The molecule has 0 aliphatic carbocycles. The summed E-state index contributed by atoms with van der Waals surface area (Å²) in [5.41, 5.74) is 0. The van der Waals surface area contributed by atoms with Crippen LogP contribution in [0.5, 0.6) is 5.75 Å². The minimum atomic E-state index is -3.91. The third-order valence-electron chi connectivity index (χ3n) is 2.19. The summed E-state index contributed by atoms with van der Waals surface area (Å²) >= 11 is 8.96. The molecule has 1 atom stereocenters. The van der Waals surface area contributed by atoms with Gasteiger partial charge in [-0.3, -0.25) is 0 Å². The minimum Gasteiger partial charge on any atom is -0.494 e. The maximum absolute atomic E-state index is 12.1. The SMILES string of the molecule is COc1c(Br)cc(Cl)cc1S(=O)(=O)NCC(O)CO. The van der Waals surface area contributed by atoms with Crippen LogP contribution in [0.2, 0.25) is 5.02 Å². The van der Waals surface area contributed by atoms with Crippen molar-refractivity contribution in [2.24, 2.45) is 0 Å². The van der Waals surface area contributed by atoms with Gasteiger partial charge in [0.1, 0.15) is 4.90 Å². The van der Waals surface area contributed by atoms with Gasteiger partial charge in [-0.2, -0.15) is 0 Å². The molecule has 1 aromatic rings. The Kier molecular flexibility index (Phi) is 6.03. The van der Waals surface area contributed by atoms with E-state index in [1.807, 2.05) is 0 Å². The zero-order chi connectivity index (χ0) is 14.6. The lowest BCUT2D eigenvalue weighted by atomic mass is 10.3. The van der Waals surface area contributed by atoms with Crippen LogP contribution in [0.4, 0.5) is 0 Å². The van der Waals surface area contributed by atoms with Crippen molar-refractivity contribution in [2.75, 3.05) is 20.3 Å². The Morgan fingerprint density at radius 2 is 2.16 bits per heavy atom. The van der Waals surface area contributed by atoms with Gasteiger partial charge in [0.05, 0.1) is 24.3 Å². The van der Waals surface area contributed by atoms with Gasteiger partial charge in [-0.1, -0.05) is 11.6 Å². The monoisotopic (exact) mass is 373 g/mol. The van der Waals surface area contributed by atoms with Crippen LogP contribution in [-0.2, 0) is 10.0 Å². The van der Waals surface area contributed by atoms with Crippen LogP contribution >= 0.6 is 27.5 Å². The van der Waals surface area contributed by atoms with E-state index >= 15 is 0 Å². The first kappa shape index (κ1) is 16.7. The van der Waals surface area contributed by atoms with Crippen molar-refractivity contribution in [1.82, 2.24) is 4.72 Å². The number of halogens is 2. The third-order valence-corrected chi connectivity index (χ3v) is 4.42. The molecule has 108 valence electrons. The summed E-state index contributed by atoms with van der Waals surface area (Å²) in [4.78, 5) is -0.153. The highest BCUT2D eigenvalue weighted by molar-refractivity contribution is 9.10. The molecule has 1 unspecified atom stereocenters. The molecule has 19 heavy (non-hydrogen) atoms. The Morgan fingerprint density at radius 1 is 1.53 bits per heavy atom. The second-order valence-corrected chi connectivity index (χ2v) is 6.63. The first-order valence-corrected chi connectivity index (χ1v) is 7.79. The Labute approximate surface area is 124 Å². The molecule has 0 radical (unpaired) electrons. The van der Waals surface area contributed by atoms with Gasteiger partial charge in [0.2, 0.25) is 10.0 Å². The average molecular weight is 375 g/mol. The molecule has 9 heteroatoms. The summed E-state index contributed by atoms with van der Waals surface area (Å²) in [5, 5.41) is 18.0. The molecule has 0 amide bonds. The number of aliphatic hydroxyl groups excluding tert-OH is 2. The predicted molar refractivity (Wildman–Crippen MR) is 74.0 cm³/mol. The van der Waals surface area contributed by atoms with Crippen molar-refractivity contribution in [2.45, 2.75) is 11.0 Å². The van der Waals surface area contributed by atoms with Gasteiger partial charge in [0, 0.05) is 11.6 Å². The summed E-state index contributed by atoms with van der Waals surface area (Å²) in [6.45, 7) is -0.856. The largest absolute Gasteiger partial charge is 0.494 e. The van der Waals surface area contributed by atoms with E-state index in [1.165, 1.54) is 19.2 Å². The van der Waals surface area contributed by atoms with Crippen LogP contribution < -0.4 is 9.46 Å². The van der Waals surface area contributed by atoms with E-state index in [4.69, 9.17) is 26.6 Å². The van der Waals surface area contributed by atoms with E-state index in [0.717, 1.165) is 0 Å². The Morgan fingerprint density at radius 3 is 2.68 bits per heavy atom. The van der Waals surface area contributed by atoms with Gasteiger partial charge in [0.15, 0.2) is 5.75 Å². The fourth-order valence-electron chi connectivity index (χ4n) is 1.28. The molecule has 1 aromatic carbocycles. The molecular weight excluding hydrogens is 362 g/mol. The van der Waals surface area contributed by atoms with Crippen LogP contribution in [0.15, 0.2) is 21.5 Å². The molecule has 0 aromatic heterocycles. The van der Waals surface area contributed by atoms with E-state index < -0.39 is 22.7 Å². The summed E-state index contributed by atoms with van der Waals surface area (Å²) in [6.07, 6.45) is -1.18. The van der Waals surface area contributed by atoms with Crippen molar-refractivity contribution in [3.63, 3.8) is 0 Å². The Bertz CT molecular complexity index is 551. The van der Waals surface area contributed by atoms with Crippen molar-refractivity contribution in [3.8, 4) is 5.75 Å². The van der Waals surface area contributed by atoms with E-state index in [-0.39, 0.29) is 22.2 Å². The number of ether oxygens (including phenoxy) is 1. The highest BCUT2D eigenvalue weighted by Crippen LogP contribution is 2.35. The summed E-state index contributed by atoms with van der Waals surface area (Å²) in [6, 6.07) is 2.74. The topological polar surface area (TPSA) is 95.9 Å². The number of aliphatic hydroxyl groups is 2. The highest BCUT2D eigenvalue weighted by atomic mass is 79.9. The number of hydrogen-bond acceptors (Lipinski definition) is 5. The van der Waals surface area contributed by atoms with E-state index in [2.05, 4.69) is 20.7 Å². The normalized spacial score (nSPS) is 13.3. The number of benzene rings is 1. The van der Waals surface area contributed by atoms with Gasteiger partial charge >= 0.3 is 0 Å². The molecular formula is C10H13BrClNO5S. The first-order valence-electron chi connectivity index (χ1n) is 5.13. The van der Waals surface area contributed by atoms with Crippen LogP contribution in [0.25, 0.3) is 0 Å². The number of sulfonamides is 1. The maximum atomic E-state index is 12.1. The molecule has 6 nitrogen and oxygen atoms in total. The van der Waals surface area contributed by atoms with Crippen molar-refractivity contribution in [1.29, 1.82) is 0 Å². The van der Waals surface area contributed by atoms with Gasteiger partial charge in [-0.15, -0.1) is 0 Å². The molecule has 0 heterocycles. The molecule has 0 bridgehead atoms. The fraction of sp³-hybridized carbons (Fsp3) is 0.400. The molecule has 0 aliphatic rings. The van der Waals surface area contributed by atoms with Crippen LogP contribution in [-0.4, -0.2) is 45.0 Å². The first-order chi connectivity index (χ1) is 8.81. The lowest BCUT2D eigenvalue weighted by Gasteiger charge is -2.14. The van der Waals surface area contributed by atoms with Crippen molar-refractivity contribution < 1.29 is 23.4 Å². The smallest absolute Gasteiger partial charge is 0.244 e. The van der Waals surface area contributed by atoms with Gasteiger partial charge in [-0.25, -0.2) is 13.1 Å². The quantitative estimate of drug-likeness (QED) is 0.683. The molecule has 0 fully saturated rings. The summed E-state index contributed by atoms with van der Waals surface area (Å²) in [5.74, 6) is 0.107. The number of hydrogen-bond donors (Lipinski definition) is 3. The zero-order valence-electron chi connectivity index (χ0n) is 9.93. The lowest BCUT2D eigenvalue weighted by molar-refractivity contribution is 0.0988. The maximum Gasteiger partial charge on any atom is 0.244 e. The Balaban J connectivity index is 3.14. The molecule has 0 aliphatic heterocycles. The molecule has 1 rings (SSSR count). The van der Waals surface area contributed by atoms with E-state index in [0.29, 0.717) is 4.47 Å². The highest BCUT2D eigenvalue weighted by Gasteiger charge is 2.23. The Hall–Kier alpha value is -0.380. The number of nitrogens with one attached hydrogen (secondary N) is 1. The van der Waals surface area contributed by atoms with E-state index in [9.17, 15) is 8.42 Å². The lowest BCUT2D eigenvalue weighted by Crippen LogP contribution is -2.34. The summed E-state index contributed by atoms with van der Waals surface area (Å²) < 4.78 is 31.7. The second kappa shape index (κ2) is 6.87. The predicted octanol–water partition coefficient (Wildman–Crippen LogP) is 0.743. The fourth-order valence-corrected chi connectivity index (χ4v) is 3.74. The zero-order valence-corrected chi connectivity index (χ0v) is 13.1. The van der Waals surface area contributed by atoms with Crippen molar-refractivity contribution in [3.05, 3.63) is 21.6 Å². The molecule has 0 saturated heterocycles. The summed E-state index contributed by atoms with van der Waals surface area (Å²) in [7, 11) is -2.58. The standard InChI is InChI=1S/C10H13BrClNO5S/c1-18-10-8(11)2-6(12)3-9(10)19(16,17)13-4-7(15)5-14/h2-3,7,13-15H,4-5H2,1H3. The molecule has 0 saturated carbocycles. The van der Waals surface area contributed by atoms with Crippen LogP contribution in [0, 0.1) is 0 Å². The average Bonchev–Trinajstić information content (AvgIpc) is 2.35. The van der Waals surface area contributed by atoms with Gasteiger partial charge < -0.3 is 14.9 Å².